The summed E-state index contributed by atoms with van der Waals surface area (Å²) in [5.74, 6) is 1.51. The highest BCUT2D eigenvalue weighted by Gasteiger charge is 2.28. The molecule has 0 bridgehead atoms. The first kappa shape index (κ1) is 20.1. The van der Waals surface area contributed by atoms with Gasteiger partial charge in [0.2, 0.25) is 0 Å². The SMILES string of the molecule is C[C@@H](Oc1cc(-c2ccc(N3CCCCC3)cc2)cc2nn(C)cc12)[C@H]1CCC(=O)C1. The van der Waals surface area contributed by atoms with E-state index in [2.05, 4.69) is 53.3 Å². The van der Waals surface area contributed by atoms with Crippen LogP contribution in [0.3, 0.4) is 0 Å². The van der Waals surface area contributed by atoms with Gasteiger partial charge in [-0.15, -0.1) is 0 Å². The Kier molecular flexibility index (Phi) is 5.43. The predicted octanol–water partition coefficient (Wildman–Crippen LogP) is 5.37. The van der Waals surface area contributed by atoms with Gasteiger partial charge in [0.25, 0.3) is 0 Å². The highest BCUT2D eigenvalue weighted by Crippen LogP contribution is 2.36. The molecular weight excluding hydrogens is 386 g/mol. The smallest absolute Gasteiger partial charge is 0.133 e. The maximum atomic E-state index is 11.7. The number of hydrogen-bond donors (Lipinski definition) is 0. The minimum atomic E-state index is 0.00610. The minimum absolute atomic E-state index is 0.00610. The van der Waals surface area contributed by atoms with Crippen molar-refractivity contribution >= 4 is 22.4 Å². The maximum Gasteiger partial charge on any atom is 0.133 e. The quantitative estimate of drug-likeness (QED) is 0.560. The van der Waals surface area contributed by atoms with E-state index < -0.39 is 0 Å². The first-order chi connectivity index (χ1) is 15.1. The van der Waals surface area contributed by atoms with Crippen molar-refractivity contribution in [2.24, 2.45) is 13.0 Å². The first-order valence-corrected chi connectivity index (χ1v) is 11.6. The fourth-order valence-corrected chi connectivity index (χ4v) is 5.03. The number of hydrogen-bond acceptors (Lipinski definition) is 4. The van der Waals surface area contributed by atoms with Crippen LogP contribution in [-0.4, -0.2) is 34.8 Å². The Hall–Kier alpha value is -2.82. The Morgan fingerprint density at radius 2 is 1.84 bits per heavy atom. The van der Waals surface area contributed by atoms with Crippen LogP contribution in [0.15, 0.2) is 42.6 Å². The van der Waals surface area contributed by atoms with Crippen LogP contribution in [-0.2, 0) is 11.8 Å². The van der Waals surface area contributed by atoms with Crippen LogP contribution in [0.4, 0.5) is 5.69 Å². The van der Waals surface area contributed by atoms with Gasteiger partial charge in [-0.3, -0.25) is 9.48 Å². The molecule has 1 aliphatic carbocycles. The summed E-state index contributed by atoms with van der Waals surface area (Å²) in [5.41, 5.74) is 4.52. The minimum Gasteiger partial charge on any atom is -0.490 e. The monoisotopic (exact) mass is 417 g/mol. The molecule has 1 aliphatic heterocycles. The van der Waals surface area contributed by atoms with Gasteiger partial charge in [-0.1, -0.05) is 12.1 Å². The molecule has 5 heteroatoms. The van der Waals surface area contributed by atoms with Crippen molar-refractivity contribution < 1.29 is 9.53 Å². The van der Waals surface area contributed by atoms with Crippen LogP contribution >= 0.6 is 0 Å². The molecule has 1 saturated heterocycles. The average molecular weight is 418 g/mol. The molecule has 1 saturated carbocycles. The van der Waals surface area contributed by atoms with Gasteiger partial charge in [-0.05, 0) is 68.0 Å². The number of ketones is 1. The number of carbonyl (C=O) groups is 1. The topological polar surface area (TPSA) is 47.4 Å². The molecule has 31 heavy (non-hydrogen) atoms. The number of aromatic nitrogens is 2. The van der Waals surface area contributed by atoms with Crippen LogP contribution in [0.5, 0.6) is 5.75 Å². The number of Topliss-reactive ketones (excluding diaryl/α,β-unsaturated/α-hetero) is 1. The van der Waals surface area contributed by atoms with Crippen LogP contribution in [0, 0.1) is 5.92 Å². The van der Waals surface area contributed by atoms with Gasteiger partial charge in [0.1, 0.15) is 11.5 Å². The lowest BCUT2D eigenvalue weighted by molar-refractivity contribution is -0.117. The number of benzene rings is 2. The number of anilines is 1. The van der Waals surface area contributed by atoms with Gasteiger partial charge in [0.05, 0.1) is 17.0 Å². The molecule has 0 unspecified atom stereocenters. The van der Waals surface area contributed by atoms with Crippen molar-refractivity contribution in [1.82, 2.24) is 9.78 Å². The standard InChI is InChI=1S/C26H31N3O2/c1-18(20-8-11-23(30)14-20)31-26-16-21(15-25-24(26)17-28(2)27-25)19-6-9-22(10-7-19)29-12-4-3-5-13-29/h6-7,9-10,15-18,20H,3-5,8,11-14H2,1-2H3/t18-,20+/m1/s1. The van der Waals surface area contributed by atoms with Crippen molar-refractivity contribution in [2.75, 3.05) is 18.0 Å². The lowest BCUT2D eigenvalue weighted by atomic mass is 10.0. The van der Waals surface area contributed by atoms with Gasteiger partial charge in [-0.2, -0.15) is 5.10 Å². The second kappa shape index (κ2) is 8.37. The molecule has 2 heterocycles. The van der Waals surface area contributed by atoms with Crippen molar-refractivity contribution in [1.29, 1.82) is 0 Å². The van der Waals surface area contributed by atoms with Crippen molar-refractivity contribution in [3.63, 3.8) is 0 Å². The Morgan fingerprint density at radius 1 is 1.06 bits per heavy atom. The molecule has 2 aliphatic rings. The number of carbonyl (C=O) groups excluding carboxylic acids is 1. The van der Waals surface area contributed by atoms with Crippen molar-refractivity contribution in [3.8, 4) is 16.9 Å². The Labute approximate surface area is 184 Å². The van der Waals surface area contributed by atoms with E-state index in [1.807, 2.05) is 17.9 Å². The summed E-state index contributed by atoms with van der Waals surface area (Å²) < 4.78 is 8.28. The summed E-state index contributed by atoms with van der Waals surface area (Å²) >= 11 is 0. The van der Waals surface area contributed by atoms with Crippen LogP contribution < -0.4 is 9.64 Å². The number of ether oxygens (including phenoxy) is 1. The van der Waals surface area contributed by atoms with E-state index in [1.54, 1.807) is 0 Å². The molecule has 5 nitrogen and oxygen atoms in total. The van der Waals surface area contributed by atoms with Gasteiger partial charge >= 0.3 is 0 Å². The molecule has 162 valence electrons. The Bertz CT molecular complexity index is 1080. The highest BCUT2D eigenvalue weighted by molar-refractivity contribution is 5.90. The van der Waals surface area contributed by atoms with E-state index in [9.17, 15) is 4.79 Å². The van der Waals surface area contributed by atoms with Gasteiger partial charge in [0, 0.05) is 50.8 Å². The molecule has 0 spiro atoms. The van der Waals surface area contributed by atoms with Crippen molar-refractivity contribution in [3.05, 3.63) is 42.6 Å². The van der Waals surface area contributed by atoms with Crippen LogP contribution in [0.1, 0.15) is 45.4 Å². The fraction of sp³-hybridized carbons (Fsp3) is 0.462. The Balaban J connectivity index is 1.44. The highest BCUT2D eigenvalue weighted by atomic mass is 16.5. The summed E-state index contributed by atoms with van der Waals surface area (Å²) in [5, 5.41) is 5.66. The average Bonchev–Trinajstić information content (AvgIpc) is 3.39. The summed E-state index contributed by atoms with van der Waals surface area (Å²) in [6.45, 7) is 4.39. The summed E-state index contributed by atoms with van der Waals surface area (Å²) in [6, 6.07) is 13.1. The zero-order valence-electron chi connectivity index (χ0n) is 18.5. The third-order valence-corrected chi connectivity index (χ3v) is 6.88. The molecule has 2 fully saturated rings. The molecule has 1 aromatic heterocycles. The molecule has 0 amide bonds. The molecule has 2 atom stereocenters. The molecule has 0 N–H and O–H groups in total. The van der Waals surface area contributed by atoms with Gasteiger partial charge in [0.15, 0.2) is 0 Å². The summed E-state index contributed by atoms with van der Waals surface area (Å²) in [4.78, 5) is 14.2. The number of aryl methyl sites for hydroxylation is 1. The zero-order chi connectivity index (χ0) is 21.4. The van der Waals surface area contributed by atoms with E-state index in [4.69, 9.17) is 4.74 Å². The predicted molar refractivity (Wildman–Crippen MR) is 125 cm³/mol. The number of piperidine rings is 1. The lowest BCUT2D eigenvalue weighted by Crippen LogP contribution is -2.29. The molecule has 3 aromatic rings. The lowest BCUT2D eigenvalue weighted by Gasteiger charge is -2.28. The normalized spacial score (nSPS) is 20.4. The molecule has 2 aromatic carbocycles. The second-order valence-corrected chi connectivity index (χ2v) is 9.17. The number of fused-ring (bicyclic) bond motifs is 1. The first-order valence-electron chi connectivity index (χ1n) is 11.6. The van der Waals surface area contributed by atoms with E-state index >= 15 is 0 Å². The summed E-state index contributed by atoms with van der Waals surface area (Å²) in [6.07, 6.45) is 8.17. The zero-order valence-corrected chi connectivity index (χ0v) is 18.5. The van der Waals surface area contributed by atoms with E-state index in [-0.39, 0.29) is 6.10 Å². The molecular formula is C26H31N3O2. The largest absolute Gasteiger partial charge is 0.490 e. The van der Waals surface area contributed by atoms with Gasteiger partial charge in [-0.25, -0.2) is 0 Å². The van der Waals surface area contributed by atoms with Gasteiger partial charge < -0.3 is 9.64 Å². The maximum absolute atomic E-state index is 11.7. The number of nitrogens with zero attached hydrogens (tertiary/aromatic N) is 3. The van der Waals surface area contributed by atoms with Crippen LogP contribution in [0.2, 0.25) is 0 Å². The third kappa shape index (κ3) is 4.18. The molecule has 5 rings (SSSR count). The van der Waals surface area contributed by atoms with E-state index in [0.29, 0.717) is 24.5 Å². The van der Waals surface area contributed by atoms with E-state index in [1.165, 1.54) is 30.5 Å². The molecule has 0 radical (unpaired) electrons. The van der Waals surface area contributed by atoms with E-state index in [0.717, 1.165) is 41.7 Å². The Morgan fingerprint density at radius 3 is 2.55 bits per heavy atom. The van der Waals surface area contributed by atoms with Crippen molar-refractivity contribution in [2.45, 2.75) is 51.6 Å². The third-order valence-electron chi connectivity index (χ3n) is 6.88. The second-order valence-electron chi connectivity index (χ2n) is 9.17. The number of rotatable bonds is 5. The fourth-order valence-electron chi connectivity index (χ4n) is 5.03. The van der Waals surface area contributed by atoms with Crippen LogP contribution in [0.25, 0.3) is 22.0 Å². The summed E-state index contributed by atoms with van der Waals surface area (Å²) in [7, 11) is 1.94.